The number of aliphatic hydroxyl groups is 2. The van der Waals surface area contributed by atoms with Crippen molar-refractivity contribution < 1.29 is 40.1 Å². The van der Waals surface area contributed by atoms with Gasteiger partial charge in [-0.05, 0) is 50.7 Å². The molecule has 0 aliphatic heterocycles. The van der Waals surface area contributed by atoms with Gasteiger partial charge >= 0.3 is 0 Å². The molecule has 0 heterocycles. The molecule has 6 nitrogen and oxygen atoms in total. The zero-order chi connectivity index (χ0) is 27.0. The maximum Gasteiger partial charge on any atom is 0.294 e. The van der Waals surface area contributed by atoms with Gasteiger partial charge in [0.25, 0.3) is 10.1 Å². The van der Waals surface area contributed by atoms with Crippen LogP contribution in [0.5, 0.6) is 0 Å². The van der Waals surface area contributed by atoms with Gasteiger partial charge in [-0.3, -0.25) is 4.55 Å². The van der Waals surface area contributed by atoms with Crippen LogP contribution >= 0.6 is 0 Å². The van der Waals surface area contributed by atoms with Gasteiger partial charge < -0.3 is 27.1 Å². The Balaban J connectivity index is 0. The topological polar surface area (TPSA) is 94.8 Å². The first kappa shape index (κ1) is 38.2. The molecule has 0 radical (unpaired) electrons. The molecule has 1 aromatic carbocycles. The van der Waals surface area contributed by atoms with Crippen molar-refractivity contribution in [1.82, 2.24) is 0 Å². The Hall–Kier alpha value is -0.960. The average molecular weight is 564 g/mol. The van der Waals surface area contributed by atoms with Crippen molar-refractivity contribution in [3.8, 4) is 0 Å². The van der Waals surface area contributed by atoms with Gasteiger partial charge in [0.05, 0.1) is 31.7 Å². The van der Waals surface area contributed by atoms with E-state index in [0.717, 1.165) is 24.1 Å². The number of halogens is 1. The second-order valence-electron chi connectivity index (χ2n) is 9.96. The van der Waals surface area contributed by atoms with Gasteiger partial charge in [-0.25, -0.2) is 0 Å². The number of quaternary nitrogens is 1. The zero-order valence-corrected chi connectivity index (χ0v) is 24.9. The van der Waals surface area contributed by atoms with Crippen molar-refractivity contribution >= 4 is 10.1 Å². The number of nitrogens with zero attached hydrogens (tertiary/aromatic N) is 1. The van der Waals surface area contributed by atoms with E-state index in [1.165, 1.54) is 102 Å². The number of rotatable bonds is 21. The van der Waals surface area contributed by atoms with E-state index >= 15 is 0 Å². The van der Waals surface area contributed by atoms with Crippen molar-refractivity contribution in [1.29, 1.82) is 0 Å². The van der Waals surface area contributed by atoms with E-state index in [9.17, 15) is 8.42 Å². The molecule has 0 aromatic heterocycles. The molecule has 0 fully saturated rings. The number of allylic oxidation sites excluding steroid dienone is 2. The van der Waals surface area contributed by atoms with Crippen LogP contribution < -0.4 is 12.4 Å². The summed E-state index contributed by atoms with van der Waals surface area (Å²) in [6.07, 6.45) is 23.5. The summed E-state index contributed by atoms with van der Waals surface area (Å²) < 4.78 is 30.0. The fraction of sp³-hybridized carbons (Fsp3) is 0.724. The van der Waals surface area contributed by atoms with Crippen molar-refractivity contribution in [2.24, 2.45) is 0 Å². The SMILES string of the molecule is CCCCCCCCC=CCCCCCCCC[N+](C)(CCO)CCO.O=S(=O)(O)c1ccccc1.[Cl-]. The number of unbranched alkanes of at least 4 members (excludes halogenated alkanes) is 12. The van der Waals surface area contributed by atoms with E-state index < -0.39 is 10.1 Å². The fourth-order valence-electron chi connectivity index (χ4n) is 4.15. The van der Waals surface area contributed by atoms with Gasteiger partial charge in [-0.1, -0.05) is 88.6 Å². The highest BCUT2D eigenvalue weighted by molar-refractivity contribution is 7.85. The van der Waals surface area contributed by atoms with Gasteiger partial charge in [0.2, 0.25) is 0 Å². The van der Waals surface area contributed by atoms with E-state index in [2.05, 4.69) is 26.1 Å². The molecule has 0 atom stereocenters. The standard InChI is InChI=1S/C23H48NO2.C6H6O3S.ClH/c1-3-4-5-6-7-8-9-10-11-12-13-14-15-16-17-18-19-24(2,20-22-25)21-23-26;7-10(8,9)6-4-2-1-3-5-6;/h10-11,25-26H,3-9,12-23H2,1-2H3;1-5H,(H,7,8,9);1H/q+1;;/p-1. The maximum atomic E-state index is 10.4. The Bertz CT molecular complexity index is 738. The smallest absolute Gasteiger partial charge is 0.294 e. The van der Waals surface area contributed by atoms with Gasteiger partial charge in [0.15, 0.2) is 0 Å². The van der Waals surface area contributed by atoms with Gasteiger partial charge in [0, 0.05) is 0 Å². The number of hydrogen-bond acceptors (Lipinski definition) is 4. The largest absolute Gasteiger partial charge is 1.00 e. The van der Waals surface area contributed by atoms with Crippen LogP contribution in [0.4, 0.5) is 0 Å². The molecule has 0 unspecified atom stereocenters. The van der Waals surface area contributed by atoms with Crippen molar-refractivity contribution in [2.75, 3.05) is 39.9 Å². The molecule has 0 spiro atoms. The Morgan fingerprint density at radius 2 is 1.14 bits per heavy atom. The predicted molar refractivity (Wildman–Crippen MR) is 151 cm³/mol. The highest BCUT2D eigenvalue weighted by Crippen LogP contribution is 2.12. The van der Waals surface area contributed by atoms with Crippen LogP contribution in [0.1, 0.15) is 96.8 Å². The minimum atomic E-state index is -4.00. The summed E-state index contributed by atoms with van der Waals surface area (Å²) in [5, 5.41) is 18.3. The van der Waals surface area contributed by atoms with Crippen LogP contribution in [0, 0.1) is 0 Å². The molecule has 3 N–H and O–H groups in total. The Labute approximate surface area is 233 Å². The van der Waals surface area contributed by atoms with Gasteiger partial charge in [-0.15, -0.1) is 0 Å². The lowest BCUT2D eigenvalue weighted by atomic mass is 10.1. The van der Waals surface area contributed by atoms with Gasteiger partial charge in [-0.2, -0.15) is 8.42 Å². The molecule has 0 aliphatic carbocycles. The predicted octanol–water partition coefficient (Wildman–Crippen LogP) is 3.39. The summed E-state index contributed by atoms with van der Waals surface area (Å²) in [5.41, 5.74) is 0. The fourth-order valence-corrected chi connectivity index (χ4v) is 4.65. The summed E-state index contributed by atoms with van der Waals surface area (Å²) in [6, 6.07) is 7.42. The first-order valence-electron chi connectivity index (χ1n) is 14.0. The quantitative estimate of drug-likeness (QED) is 0.0922. The summed E-state index contributed by atoms with van der Waals surface area (Å²) in [6.45, 7) is 5.28. The van der Waals surface area contributed by atoms with E-state index in [-0.39, 0.29) is 30.5 Å². The molecular formula is C29H54ClNO5S. The number of benzene rings is 1. The van der Waals surface area contributed by atoms with Crippen LogP contribution in [0.3, 0.4) is 0 Å². The van der Waals surface area contributed by atoms with Crippen LogP contribution in [0.15, 0.2) is 47.4 Å². The highest BCUT2D eigenvalue weighted by atomic mass is 35.5. The third-order valence-electron chi connectivity index (χ3n) is 6.53. The van der Waals surface area contributed by atoms with E-state index in [4.69, 9.17) is 14.8 Å². The normalized spacial score (nSPS) is 11.7. The molecule has 0 saturated carbocycles. The highest BCUT2D eigenvalue weighted by Gasteiger charge is 2.19. The van der Waals surface area contributed by atoms with E-state index in [1.807, 2.05) is 0 Å². The van der Waals surface area contributed by atoms with Crippen LogP contribution in [-0.4, -0.2) is 67.6 Å². The molecule has 1 aromatic rings. The lowest BCUT2D eigenvalue weighted by molar-refractivity contribution is -0.910. The Kier molecular flexibility index (Phi) is 26.1. The van der Waals surface area contributed by atoms with Crippen molar-refractivity contribution in [3.63, 3.8) is 0 Å². The Morgan fingerprint density at radius 3 is 1.54 bits per heavy atom. The molecule has 0 bridgehead atoms. The first-order chi connectivity index (χ1) is 17.3. The zero-order valence-electron chi connectivity index (χ0n) is 23.4. The van der Waals surface area contributed by atoms with Crippen LogP contribution in [0.25, 0.3) is 0 Å². The average Bonchev–Trinajstić information content (AvgIpc) is 2.84. The molecule has 0 saturated heterocycles. The van der Waals surface area contributed by atoms with Crippen molar-refractivity contribution in [3.05, 3.63) is 42.5 Å². The van der Waals surface area contributed by atoms with Gasteiger partial charge in [0.1, 0.15) is 13.1 Å². The molecule has 8 heteroatoms. The number of aliphatic hydroxyl groups excluding tert-OH is 2. The summed E-state index contributed by atoms with van der Waals surface area (Å²) in [7, 11) is -1.86. The summed E-state index contributed by atoms with van der Waals surface area (Å²) in [4.78, 5) is -0.0741. The lowest BCUT2D eigenvalue weighted by Crippen LogP contribution is -3.00. The molecule has 37 heavy (non-hydrogen) atoms. The molecule has 1 rings (SSSR count). The molecular weight excluding hydrogens is 510 g/mol. The van der Waals surface area contributed by atoms with E-state index in [0.29, 0.717) is 0 Å². The third kappa shape index (κ3) is 23.9. The minimum absolute atomic E-state index is 0. The maximum absolute atomic E-state index is 10.4. The van der Waals surface area contributed by atoms with Crippen molar-refractivity contribution in [2.45, 2.75) is 102 Å². The summed E-state index contributed by atoms with van der Waals surface area (Å²) >= 11 is 0. The Morgan fingerprint density at radius 1 is 0.703 bits per heavy atom. The molecule has 218 valence electrons. The van der Waals surface area contributed by atoms with Crippen LogP contribution in [0.2, 0.25) is 0 Å². The lowest BCUT2D eigenvalue weighted by Gasteiger charge is -2.33. The number of hydrogen-bond donors (Lipinski definition) is 3. The second kappa shape index (κ2) is 25.3. The van der Waals surface area contributed by atoms with E-state index in [1.54, 1.807) is 18.2 Å². The first-order valence-corrected chi connectivity index (χ1v) is 15.5. The third-order valence-corrected chi connectivity index (χ3v) is 7.40. The summed E-state index contributed by atoms with van der Waals surface area (Å²) in [5.74, 6) is 0. The van der Waals surface area contributed by atoms with Crippen LogP contribution in [-0.2, 0) is 10.1 Å². The minimum Gasteiger partial charge on any atom is -1.00 e. The second-order valence-corrected chi connectivity index (χ2v) is 11.4. The molecule has 0 aliphatic rings. The number of likely N-dealkylation sites (N-methyl/N-ethyl adjacent to an activating group) is 1. The molecule has 0 amide bonds. The monoisotopic (exact) mass is 563 g/mol.